The van der Waals surface area contributed by atoms with Gasteiger partial charge in [-0.05, 0) is 6.42 Å². The molecule has 4 heterocycles. The van der Waals surface area contributed by atoms with Gasteiger partial charge in [-0.2, -0.15) is 5.26 Å². The average molecular weight is 430 g/mol. The number of aromatic nitrogens is 3. The molecule has 3 aliphatic rings. The van der Waals surface area contributed by atoms with E-state index in [-0.39, 0.29) is 50.7 Å². The largest absolute Gasteiger partial charge is 0.490 e. The van der Waals surface area contributed by atoms with Crippen LogP contribution in [0.25, 0.3) is 0 Å². The van der Waals surface area contributed by atoms with Crippen LogP contribution in [-0.2, 0) is 11.3 Å². The van der Waals surface area contributed by atoms with Crippen LogP contribution in [0.5, 0.6) is 5.75 Å². The van der Waals surface area contributed by atoms with Crippen molar-refractivity contribution >= 4 is 11.9 Å². The Kier molecular flexibility index (Phi) is 4.28. The number of halogens is 3. The third-order valence-corrected chi connectivity index (χ3v) is 6.34. The van der Waals surface area contributed by atoms with Gasteiger partial charge in [-0.1, -0.05) is 0 Å². The molecule has 2 unspecified atom stereocenters. The fourth-order valence-corrected chi connectivity index (χ4v) is 4.67. The molecule has 2 atom stereocenters. The summed E-state index contributed by atoms with van der Waals surface area (Å²) >= 11 is 0. The molecule has 5 rings (SSSR count). The van der Waals surface area contributed by atoms with Crippen molar-refractivity contribution in [1.29, 1.82) is 5.26 Å². The van der Waals surface area contributed by atoms with E-state index < -0.39 is 29.0 Å². The maximum absolute atomic E-state index is 15.0. The molecule has 0 bridgehead atoms. The summed E-state index contributed by atoms with van der Waals surface area (Å²) in [5.41, 5.74) is -1.03. The highest BCUT2D eigenvalue weighted by Crippen LogP contribution is 2.70. The number of hydrogen-bond acceptors (Lipinski definition) is 7. The number of pyridine rings is 1. The van der Waals surface area contributed by atoms with Crippen LogP contribution >= 0.6 is 0 Å². The van der Waals surface area contributed by atoms with Crippen molar-refractivity contribution in [1.82, 2.24) is 19.9 Å². The second-order valence-corrected chi connectivity index (χ2v) is 7.91. The summed E-state index contributed by atoms with van der Waals surface area (Å²) in [5.74, 6) is -5.07. The molecule has 8 nitrogen and oxygen atoms in total. The highest BCUT2D eigenvalue weighted by atomic mass is 19.3. The molecule has 0 spiro atoms. The monoisotopic (exact) mass is 430 g/mol. The number of nitriles is 1. The van der Waals surface area contributed by atoms with Crippen molar-refractivity contribution in [3.63, 3.8) is 0 Å². The molecule has 1 saturated carbocycles. The van der Waals surface area contributed by atoms with E-state index in [9.17, 15) is 23.2 Å². The van der Waals surface area contributed by atoms with Gasteiger partial charge < -0.3 is 14.5 Å². The van der Waals surface area contributed by atoms with Gasteiger partial charge in [-0.25, -0.2) is 23.1 Å². The predicted octanol–water partition coefficient (Wildman–Crippen LogP) is 1.77. The number of carbonyl (C=O) groups is 1. The van der Waals surface area contributed by atoms with Crippen molar-refractivity contribution in [3.8, 4) is 11.8 Å². The fourth-order valence-electron chi connectivity index (χ4n) is 4.67. The number of carbonyl (C=O) groups excluding carboxylic acids is 1. The molecule has 2 aromatic rings. The van der Waals surface area contributed by atoms with Crippen molar-refractivity contribution in [2.45, 2.75) is 18.9 Å². The van der Waals surface area contributed by atoms with E-state index in [0.29, 0.717) is 11.3 Å². The molecule has 1 saturated heterocycles. The maximum atomic E-state index is 15.0. The van der Waals surface area contributed by atoms with Gasteiger partial charge in [0.05, 0.1) is 31.4 Å². The Morgan fingerprint density at radius 2 is 2.00 bits per heavy atom. The molecule has 160 valence electrons. The molecule has 2 aliphatic heterocycles. The molecule has 31 heavy (non-hydrogen) atoms. The summed E-state index contributed by atoms with van der Waals surface area (Å²) in [6.45, 7) is 0.342. The van der Waals surface area contributed by atoms with Crippen molar-refractivity contribution in [2.24, 2.45) is 11.3 Å². The Morgan fingerprint density at radius 3 is 2.71 bits per heavy atom. The number of fused-ring (bicyclic) bond motifs is 2. The van der Waals surface area contributed by atoms with Crippen LogP contribution in [0.3, 0.4) is 0 Å². The third kappa shape index (κ3) is 2.81. The number of piperidine rings is 1. The summed E-state index contributed by atoms with van der Waals surface area (Å²) in [7, 11) is 0. The topological polar surface area (TPSA) is 95.2 Å². The van der Waals surface area contributed by atoms with Gasteiger partial charge in [-0.3, -0.25) is 9.78 Å². The molecule has 2 fully saturated rings. The van der Waals surface area contributed by atoms with E-state index in [2.05, 4.69) is 15.0 Å². The highest BCUT2D eigenvalue weighted by Gasteiger charge is 2.85. The van der Waals surface area contributed by atoms with E-state index >= 15 is 0 Å². The zero-order valence-electron chi connectivity index (χ0n) is 16.3. The van der Waals surface area contributed by atoms with Gasteiger partial charge in [0.15, 0.2) is 5.82 Å². The summed E-state index contributed by atoms with van der Waals surface area (Å²) in [4.78, 5) is 28.0. The van der Waals surface area contributed by atoms with E-state index in [1.165, 1.54) is 17.3 Å². The first kappa shape index (κ1) is 19.5. The van der Waals surface area contributed by atoms with Crippen LogP contribution in [0.15, 0.2) is 24.8 Å². The quantitative estimate of drug-likeness (QED) is 0.717. The summed E-state index contributed by atoms with van der Waals surface area (Å²) in [5, 5.41) is 9.23. The number of rotatable bonds is 2. The molecule has 0 aromatic carbocycles. The first-order chi connectivity index (χ1) is 14.9. The number of anilines is 1. The van der Waals surface area contributed by atoms with Gasteiger partial charge in [0.25, 0.3) is 5.92 Å². The number of ether oxygens (including phenoxy) is 1. The Morgan fingerprint density at radius 1 is 1.23 bits per heavy atom. The van der Waals surface area contributed by atoms with Gasteiger partial charge >= 0.3 is 0 Å². The second-order valence-electron chi connectivity index (χ2n) is 7.91. The lowest BCUT2D eigenvalue weighted by atomic mass is 9.92. The van der Waals surface area contributed by atoms with Crippen LogP contribution < -0.4 is 9.64 Å². The Labute approximate surface area is 175 Å². The lowest BCUT2D eigenvalue weighted by molar-refractivity contribution is -0.142. The summed E-state index contributed by atoms with van der Waals surface area (Å²) in [6.07, 6.45) is 4.76. The Balaban J connectivity index is 1.38. The average Bonchev–Trinajstić information content (AvgIpc) is 3.37. The molecular weight excluding hydrogens is 413 g/mol. The number of amides is 1. The highest BCUT2D eigenvalue weighted by molar-refractivity contribution is 5.89. The zero-order chi connectivity index (χ0) is 21.8. The lowest BCUT2D eigenvalue weighted by Crippen LogP contribution is -2.45. The lowest BCUT2D eigenvalue weighted by Gasteiger charge is -2.32. The van der Waals surface area contributed by atoms with E-state index in [1.54, 1.807) is 4.90 Å². The summed E-state index contributed by atoms with van der Waals surface area (Å²) in [6, 6.07) is 1.99. The van der Waals surface area contributed by atoms with Crippen LogP contribution in [-0.4, -0.2) is 57.9 Å². The summed E-state index contributed by atoms with van der Waals surface area (Å²) < 4.78 is 48.6. The minimum absolute atomic E-state index is 0.0476. The molecule has 11 heteroatoms. The Bertz CT molecular complexity index is 1090. The third-order valence-electron chi connectivity index (χ3n) is 6.34. The van der Waals surface area contributed by atoms with Crippen molar-refractivity contribution < 1.29 is 22.7 Å². The van der Waals surface area contributed by atoms with Gasteiger partial charge in [0.1, 0.15) is 29.4 Å². The molecule has 1 aliphatic carbocycles. The Hall–Kier alpha value is -3.42. The first-order valence-corrected chi connectivity index (χ1v) is 9.78. The van der Waals surface area contributed by atoms with Crippen LogP contribution in [0.2, 0.25) is 0 Å². The molecule has 0 N–H and O–H groups in total. The minimum Gasteiger partial charge on any atom is -0.490 e. The van der Waals surface area contributed by atoms with Crippen LogP contribution in [0.1, 0.15) is 17.5 Å². The first-order valence-electron chi connectivity index (χ1n) is 9.78. The fraction of sp³-hybridized carbons (Fsp3) is 0.450. The van der Waals surface area contributed by atoms with E-state index in [0.717, 1.165) is 12.4 Å². The normalized spacial score (nSPS) is 26.1. The number of hydrogen-bond donors (Lipinski definition) is 0. The number of nitrogens with zero attached hydrogens (tertiary/aromatic N) is 6. The van der Waals surface area contributed by atoms with E-state index in [4.69, 9.17) is 4.74 Å². The molecule has 1 amide bonds. The smallest absolute Gasteiger partial charge is 0.268 e. The molecule has 2 aromatic heterocycles. The standard InChI is InChI=1S/C20H17F3N6O2/c21-14-8-26-18(27-9-14)29-2-1-19(15(11-29)20(19,22)23)17(30)28-3-4-31-16-12(5-24)6-25-7-13(16)10-28/h6-9,15H,1-4,10-11H2. The maximum Gasteiger partial charge on any atom is 0.268 e. The SMILES string of the molecule is N#Cc1cncc2c1OCCN(C(=O)C13CCN(c4ncc(F)cn4)CC1C3(F)F)C2. The van der Waals surface area contributed by atoms with Gasteiger partial charge in [0.2, 0.25) is 11.9 Å². The van der Waals surface area contributed by atoms with E-state index in [1.807, 2.05) is 6.07 Å². The van der Waals surface area contributed by atoms with Crippen LogP contribution in [0.4, 0.5) is 19.1 Å². The van der Waals surface area contributed by atoms with Crippen molar-refractivity contribution in [3.05, 3.63) is 41.7 Å². The number of alkyl halides is 2. The van der Waals surface area contributed by atoms with Crippen molar-refractivity contribution in [2.75, 3.05) is 31.1 Å². The molecular formula is C20H17F3N6O2. The van der Waals surface area contributed by atoms with Gasteiger partial charge in [-0.15, -0.1) is 0 Å². The van der Waals surface area contributed by atoms with Gasteiger partial charge in [0, 0.05) is 31.0 Å². The second kappa shape index (κ2) is 6.80. The van der Waals surface area contributed by atoms with Crippen LogP contribution in [0, 0.1) is 28.5 Å². The molecule has 0 radical (unpaired) electrons. The zero-order valence-corrected chi connectivity index (χ0v) is 16.3. The minimum atomic E-state index is -3.17. The predicted molar refractivity (Wildman–Crippen MR) is 99.6 cm³/mol.